The average Bonchev–Trinajstić information content (AvgIpc) is 2.71. The van der Waals surface area contributed by atoms with Gasteiger partial charge in [-0.2, -0.15) is 0 Å². The number of thiophene rings is 1. The summed E-state index contributed by atoms with van der Waals surface area (Å²) in [4.78, 5) is 11.3. The lowest BCUT2D eigenvalue weighted by Gasteiger charge is -2.05. The zero-order valence-electron chi connectivity index (χ0n) is 9.52. The first kappa shape index (κ1) is 11.7. The number of rotatable bonds is 3. The first-order valence-corrected chi connectivity index (χ1v) is 5.87. The zero-order chi connectivity index (χ0) is 12.4. The molecular weight excluding hydrogens is 240 g/mol. The summed E-state index contributed by atoms with van der Waals surface area (Å²) in [5.74, 6) is 0.431. The molecule has 90 valence electrons. The number of hydrogen-bond donors (Lipinski definition) is 1. The fraction of sp³-hybridized carbons (Fsp3) is 0.250. The minimum atomic E-state index is -0.292. The minimum Gasteiger partial charge on any atom is -0.508 e. The van der Waals surface area contributed by atoms with Crippen molar-refractivity contribution < 1.29 is 19.4 Å². The molecule has 1 N–H and O–H groups in total. The molecule has 2 rings (SSSR count). The van der Waals surface area contributed by atoms with E-state index in [4.69, 9.17) is 4.74 Å². The van der Waals surface area contributed by atoms with E-state index < -0.39 is 0 Å². The third-order valence-electron chi connectivity index (χ3n) is 2.48. The Labute approximate surface area is 102 Å². The summed E-state index contributed by atoms with van der Waals surface area (Å²) in [6.07, 6.45) is 0.206. The normalized spacial score (nSPS) is 10.5. The highest BCUT2D eigenvalue weighted by Gasteiger charge is 2.14. The summed E-state index contributed by atoms with van der Waals surface area (Å²) in [5, 5.41) is 12.3. The minimum absolute atomic E-state index is 0.154. The Morgan fingerprint density at radius 3 is 2.82 bits per heavy atom. The van der Waals surface area contributed by atoms with Crippen molar-refractivity contribution in [2.45, 2.75) is 6.42 Å². The van der Waals surface area contributed by atoms with Crippen molar-refractivity contribution in [2.24, 2.45) is 0 Å². The molecular formula is C12H12O4S. The predicted molar refractivity (Wildman–Crippen MR) is 65.8 cm³/mol. The Hall–Kier alpha value is -1.75. The van der Waals surface area contributed by atoms with Crippen LogP contribution in [0.4, 0.5) is 0 Å². The molecule has 0 fully saturated rings. The molecule has 0 spiro atoms. The van der Waals surface area contributed by atoms with E-state index in [1.807, 2.05) is 5.38 Å². The molecule has 0 aliphatic rings. The van der Waals surface area contributed by atoms with E-state index in [1.165, 1.54) is 31.6 Å². The largest absolute Gasteiger partial charge is 0.508 e. The van der Waals surface area contributed by atoms with Gasteiger partial charge >= 0.3 is 5.97 Å². The molecule has 17 heavy (non-hydrogen) atoms. The van der Waals surface area contributed by atoms with E-state index in [9.17, 15) is 9.90 Å². The monoisotopic (exact) mass is 252 g/mol. The third-order valence-corrected chi connectivity index (χ3v) is 3.46. The lowest BCUT2D eigenvalue weighted by atomic mass is 10.1. The van der Waals surface area contributed by atoms with Crippen LogP contribution in [0.15, 0.2) is 17.5 Å². The van der Waals surface area contributed by atoms with Crippen molar-refractivity contribution in [1.82, 2.24) is 0 Å². The van der Waals surface area contributed by atoms with Crippen LogP contribution in [0.5, 0.6) is 11.5 Å². The second-order valence-electron chi connectivity index (χ2n) is 3.54. The van der Waals surface area contributed by atoms with Gasteiger partial charge in [0, 0.05) is 16.2 Å². The molecule has 0 atom stereocenters. The van der Waals surface area contributed by atoms with Gasteiger partial charge in [0.05, 0.1) is 20.6 Å². The lowest BCUT2D eigenvalue weighted by Crippen LogP contribution is -2.03. The maximum atomic E-state index is 11.3. The standard InChI is InChI=1S/C12H12O4S/c1-15-9-4-8(13)5-10-12(9)7(6-17-10)3-11(14)16-2/h4-6,13H,3H2,1-2H3. The molecule has 5 heteroatoms. The van der Waals surface area contributed by atoms with E-state index >= 15 is 0 Å². The SMILES string of the molecule is COC(=O)Cc1csc2cc(O)cc(OC)c12. The maximum absolute atomic E-state index is 11.3. The Bertz CT molecular complexity index is 559. The predicted octanol–water partition coefficient (Wildman–Crippen LogP) is 2.33. The van der Waals surface area contributed by atoms with Gasteiger partial charge in [-0.05, 0) is 17.0 Å². The number of ether oxygens (including phenoxy) is 2. The van der Waals surface area contributed by atoms with Crippen LogP contribution in [-0.4, -0.2) is 25.3 Å². The number of phenolic OH excluding ortho intramolecular Hbond substituents is 1. The molecule has 0 aliphatic carbocycles. The summed E-state index contributed by atoms with van der Waals surface area (Å²) < 4.78 is 10.8. The van der Waals surface area contributed by atoms with E-state index in [-0.39, 0.29) is 18.1 Å². The molecule has 1 aromatic carbocycles. The number of phenols is 1. The quantitative estimate of drug-likeness (QED) is 0.852. The fourth-order valence-electron chi connectivity index (χ4n) is 1.70. The van der Waals surface area contributed by atoms with Crippen molar-refractivity contribution in [3.63, 3.8) is 0 Å². The van der Waals surface area contributed by atoms with Crippen LogP contribution in [0.25, 0.3) is 10.1 Å². The van der Waals surface area contributed by atoms with Gasteiger partial charge in [0.2, 0.25) is 0 Å². The van der Waals surface area contributed by atoms with Crippen molar-refractivity contribution >= 4 is 27.4 Å². The molecule has 1 aromatic heterocycles. The number of fused-ring (bicyclic) bond motifs is 1. The first-order chi connectivity index (χ1) is 8.15. The number of hydrogen-bond acceptors (Lipinski definition) is 5. The smallest absolute Gasteiger partial charge is 0.310 e. The highest BCUT2D eigenvalue weighted by molar-refractivity contribution is 7.17. The van der Waals surface area contributed by atoms with E-state index in [0.29, 0.717) is 5.75 Å². The molecule has 0 saturated heterocycles. The van der Waals surface area contributed by atoms with Gasteiger partial charge in [0.25, 0.3) is 0 Å². The summed E-state index contributed by atoms with van der Waals surface area (Å²) >= 11 is 1.46. The molecule has 4 nitrogen and oxygen atoms in total. The Morgan fingerprint density at radius 2 is 2.18 bits per heavy atom. The Kier molecular flexibility index (Phi) is 3.19. The fourth-order valence-corrected chi connectivity index (χ4v) is 2.71. The lowest BCUT2D eigenvalue weighted by molar-refractivity contribution is -0.139. The second kappa shape index (κ2) is 4.63. The Morgan fingerprint density at radius 1 is 1.41 bits per heavy atom. The van der Waals surface area contributed by atoms with Crippen LogP contribution in [0.2, 0.25) is 0 Å². The van der Waals surface area contributed by atoms with E-state index in [1.54, 1.807) is 6.07 Å². The first-order valence-electron chi connectivity index (χ1n) is 4.99. The number of aromatic hydroxyl groups is 1. The van der Waals surface area contributed by atoms with Crippen molar-refractivity contribution in [3.05, 3.63) is 23.1 Å². The second-order valence-corrected chi connectivity index (χ2v) is 4.45. The van der Waals surface area contributed by atoms with Crippen LogP contribution >= 0.6 is 11.3 Å². The highest BCUT2D eigenvalue weighted by Crippen LogP contribution is 2.37. The van der Waals surface area contributed by atoms with E-state index in [0.717, 1.165) is 15.6 Å². The van der Waals surface area contributed by atoms with Crippen LogP contribution in [0.3, 0.4) is 0 Å². The van der Waals surface area contributed by atoms with Gasteiger partial charge in [-0.15, -0.1) is 11.3 Å². The van der Waals surface area contributed by atoms with Gasteiger partial charge in [-0.1, -0.05) is 0 Å². The molecule has 0 aliphatic heterocycles. The average molecular weight is 252 g/mol. The molecule has 1 heterocycles. The van der Waals surface area contributed by atoms with Gasteiger partial charge in [0.15, 0.2) is 0 Å². The van der Waals surface area contributed by atoms with Crippen molar-refractivity contribution in [1.29, 1.82) is 0 Å². The number of carbonyl (C=O) groups is 1. The van der Waals surface area contributed by atoms with E-state index in [2.05, 4.69) is 4.74 Å². The summed E-state index contributed by atoms with van der Waals surface area (Å²) in [6, 6.07) is 3.19. The molecule has 2 aromatic rings. The molecule has 0 bridgehead atoms. The summed E-state index contributed by atoms with van der Waals surface area (Å²) in [7, 11) is 2.90. The molecule has 0 amide bonds. The van der Waals surface area contributed by atoms with Gasteiger partial charge in [-0.3, -0.25) is 4.79 Å². The molecule has 0 unspecified atom stereocenters. The summed E-state index contributed by atoms with van der Waals surface area (Å²) in [5.41, 5.74) is 0.855. The zero-order valence-corrected chi connectivity index (χ0v) is 10.3. The van der Waals surface area contributed by atoms with Crippen LogP contribution in [0, 0.1) is 0 Å². The highest BCUT2D eigenvalue weighted by atomic mass is 32.1. The van der Waals surface area contributed by atoms with Gasteiger partial charge in [-0.25, -0.2) is 0 Å². The Balaban J connectivity index is 2.54. The van der Waals surface area contributed by atoms with Crippen LogP contribution < -0.4 is 4.74 Å². The summed E-state index contributed by atoms with van der Waals surface area (Å²) in [6.45, 7) is 0. The van der Waals surface area contributed by atoms with Crippen molar-refractivity contribution in [2.75, 3.05) is 14.2 Å². The number of esters is 1. The topological polar surface area (TPSA) is 55.8 Å². The molecule has 0 saturated carbocycles. The third kappa shape index (κ3) is 2.19. The maximum Gasteiger partial charge on any atom is 0.310 e. The van der Waals surface area contributed by atoms with Gasteiger partial charge in [0.1, 0.15) is 11.5 Å². The van der Waals surface area contributed by atoms with Crippen LogP contribution in [0.1, 0.15) is 5.56 Å². The van der Waals surface area contributed by atoms with Crippen LogP contribution in [-0.2, 0) is 16.0 Å². The van der Waals surface area contributed by atoms with Crippen molar-refractivity contribution in [3.8, 4) is 11.5 Å². The number of methoxy groups -OCH3 is 2. The molecule has 0 radical (unpaired) electrons. The number of benzene rings is 1. The van der Waals surface area contributed by atoms with Gasteiger partial charge < -0.3 is 14.6 Å². The number of carbonyl (C=O) groups excluding carboxylic acids is 1.